The first-order valence-corrected chi connectivity index (χ1v) is 19.8. The maximum atomic E-state index is 14.3. The van der Waals surface area contributed by atoms with Crippen LogP contribution in [0.3, 0.4) is 0 Å². The number of sulfonamides is 1. The molecule has 1 aromatic carbocycles. The third-order valence-electron chi connectivity index (χ3n) is 10.3. The number of ether oxygens (including phenoxy) is 2. The van der Waals surface area contributed by atoms with Crippen molar-refractivity contribution in [2.75, 3.05) is 6.54 Å². The van der Waals surface area contributed by atoms with E-state index in [1.807, 2.05) is 6.08 Å². The van der Waals surface area contributed by atoms with E-state index in [4.69, 9.17) is 9.47 Å². The van der Waals surface area contributed by atoms with Crippen molar-refractivity contribution >= 4 is 39.9 Å². The van der Waals surface area contributed by atoms with Crippen LogP contribution >= 0.6 is 0 Å². The molecule has 3 fully saturated rings. The van der Waals surface area contributed by atoms with Crippen LogP contribution in [0.2, 0.25) is 0 Å². The van der Waals surface area contributed by atoms with Crippen molar-refractivity contribution < 1.29 is 55.0 Å². The standard InChI is InChI=1S/C36H46F3N5O9S/c1-34(2,3)53-32(48)40-27-10-8-6-4-5-7-9-24-17-35(24,31(47)42-54(50,51)26-13-14-26)41-29(45)28-16-25(20-44(28)30(27)46)52-33(49)43-18-21-11-12-23(36(37,38)39)15-22(21)19-43/h7,9,11-12,15,24-28H,4-6,8,10,13-14,16-20H2,1-3H3,(H,40,48)(H,41,45)(H,42,47)/b9-7-/t24-,25-,27+,28+,35-/m1/s1. The Balaban J connectivity index is 1.24. The molecule has 5 aliphatic rings. The number of alkyl carbamates (subject to hydrolysis) is 1. The Morgan fingerprint density at radius 3 is 2.41 bits per heavy atom. The lowest BCUT2D eigenvalue weighted by Crippen LogP contribution is -2.58. The van der Waals surface area contributed by atoms with Crippen LogP contribution in [0.4, 0.5) is 22.8 Å². The molecule has 14 nitrogen and oxygen atoms in total. The molecule has 3 heterocycles. The number of alkyl halides is 3. The van der Waals surface area contributed by atoms with Gasteiger partial charge in [-0.1, -0.05) is 31.1 Å². The van der Waals surface area contributed by atoms with E-state index in [1.54, 1.807) is 26.8 Å². The molecule has 0 spiro atoms. The number of nitrogens with one attached hydrogen (secondary N) is 3. The fraction of sp³-hybridized carbons (Fsp3) is 0.639. The van der Waals surface area contributed by atoms with Crippen molar-refractivity contribution in [1.29, 1.82) is 0 Å². The largest absolute Gasteiger partial charge is 0.444 e. The Morgan fingerprint density at radius 2 is 1.72 bits per heavy atom. The fourth-order valence-corrected chi connectivity index (χ4v) is 8.58. The van der Waals surface area contributed by atoms with Gasteiger partial charge in [-0.15, -0.1) is 0 Å². The minimum Gasteiger partial charge on any atom is -0.444 e. The SMILES string of the molecule is CC(C)(C)OC(=O)N[C@H]1CCCCC/C=C\[C@@H]2C[C@@]2(C(=O)NS(=O)(=O)C2CC2)NC(=O)[C@@H]2C[C@@H](OC(=O)N3Cc4ccc(C(F)(F)F)cc4C3)CN2C1=O. The van der Waals surface area contributed by atoms with Crippen molar-refractivity contribution in [3.05, 3.63) is 47.0 Å². The predicted molar refractivity (Wildman–Crippen MR) is 186 cm³/mol. The van der Waals surface area contributed by atoms with Gasteiger partial charge in [-0.25, -0.2) is 18.0 Å². The van der Waals surface area contributed by atoms with Crippen LogP contribution in [0.1, 0.15) is 95.2 Å². The molecule has 0 radical (unpaired) electrons. The molecule has 0 unspecified atom stereocenters. The molecule has 6 rings (SSSR count). The van der Waals surface area contributed by atoms with Crippen LogP contribution in [0.5, 0.6) is 0 Å². The molecule has 0 aromatic heterocycles. The summed E-state index contributed by atoms with van der Waals surface area (Å²) in [5, 5.41) is 4.68. The number of nitrogens with zero attached hydrogens (tertiary/aromatic N) is 2. The molecule has 2 aliphatic carbocycles. The smallest absolute Gasteiger partial charge is 0.416 e. The zero-order valence-corrected chi connectivity index (χ0v) is 31.2. The summed E-state index contributed by atoms with van der Waals surface area (Å²) < 4.78 is 78.8. The number of hydrogen-bond acceptors (Lipinski definition) is 9. The number of rotatable bonds is 5. The molecule has 0 bridgehead atoms. The van der Waals surface area contributed by atoms with E-state index in [1.165, 1.54) is 15.9 Å². The van der Waals surface area contributed by atoms with Gasteiger partial charge in [-0.05, 0) is 82.6 Å². The van der Waals surface area contributed by atoms with E-state index in [-0.39, 0.29) is 38.9 Å². The van der Waals surface area contributed by atoms with Crippen molar-refractivity contribution in [2.45, 2.75) is 132 Å². The molecule has 3 aliphatic heterocycles. The van der Waals surface area contributed by atoms with Gasteiger partial charge < -0.3 is 25.0 Å². The van der Waals surface area contributed by atoms with E-state index in [9.17, 15) is 45.6 Å². The molecule has 3 N–H and O–H groups in total. The number of carbonyl (C=O) groups is 5. The summed E-state index contributed by atoms with van der Waals surface area (Å²) in [4.78, 5) is 70.8. The highest BCUT2D eigenvalue weighted by molar-refractivity contribution is 7.91. The predicted octanol–water partition coefficient (Wildman–Crippen LogP) is 4.02. The highest BCUT2D eigenvalue weighted by atomic mass is 32.2. The molecule has 296 valence electrons. The second kappa shape index (κ2) is 14.7. The van der Waals surface area contributed by atoms with Crippen molar-refractivity contribution in [3.8, 4) is 0 Å². The van der Waals surface area contributed by atoms with Gasteiger partial charge in [0.1, 0.15) is 29.3 Å². The summed E-state index contributed by atoms with van der Waals surface area (Å²) in [6.45, 7) is 4.57. The van der Waals surface area contributed by atoms with Crippen LogP contribution in [-0.4, -0.2) is 89.2 Å². The van der Waals surface area contributed by atoms with Crippen LogP contribution < -0.4 is 15.4 Å². The lowest BCUT2D eigenvalue weighted by Gasteiger charge is -2.30. The third-order valence-corrected chi connectivity index (χ3v) is 12.1. The number of halogens is 3. The van der Waals surface area contributed by atoms with E-state index in [0.29, 0.717) is 43.2 Å². The first kappa shape index (κ1) is 39.3. The zero-order valence-electron chi connectivity index (χ0n) is 30.4. The average Bonchev–Trinajstić information content (AvgIpc) is 3.95. The summed E-state index contributed by atoms with van der Waals surface area (Å²) in [7, 11) is -3.96. The molecule has 5 atom stereocenters. The fourth-order valence-electron chi connectivity index (χ4n) is 7.21. The molecule has 18 heteroatoms. The Hall–Kier alpha value is -4.35. The second-order valence-corrected chi connectivity index (χ2v) is 17.8. The Morgan fingerprint density at radius 1 is 1.00 bits per heavy atom. The summed E-state index contributed by atoms with van der Waals surface area (Å²) in [6.07, 6.45) is -0.145. The maximum Gasteiger partial charge on any atom is 0.416 e. The molecule has 5 amide bonds. The van der Waals surface area contributed by atoms with Crippen LogP contribution in [0.25, 0.3) is 0 Å². The van der Waals surface area contributed by atoms with E-state index in [2.05, 4.69) is 15.4 Å². The lowest BCUT2D eigenvalue weighted by molar-refractivity contribution is -0.141. The van der Waals surface area contributed by atoms with Gasteiger partial charge in [-0.3, -0.25) is 24.0 Å². The number of allylic oxidation sites excluding steroid dienone is 1. The minimum absolute atomic E-state index is 0.0102. The number of hydrogen-bond donors (Lipinski definition) is 3. The molecule has 2 saturated carbocycles. The lowest BCUT2D eigenvalue weighted by atomic mass is 10.0. The van der Waals surface area contributed by atoms with Gasteiger partial charge in [0.15, 0.2) is 0 Å². The van der Waals surface area contributed by atoms with Gasteiger partial charge in [-0.2, -0.15) is 13.2 Å². The first-order valence-electron chi connectivity index (χ1n) is 18.2. The molecule has 54 heavy (non-hydrogen) atoms. The molecular formula is C36H46F3N5O9S. The first-order chi connectivity index (χ1) is 25.3. The second-order valence-electron chi connectivity index (χ2n) is 15.8. The summed E-state index contributed by atoms with van der Waals surface area (Å²) in [5.74, 6) is -2.83. The Bertz CT molecular complexity index is 1830. The monoisotopic (exact) mass is 781 g/mol. The summed E-state index contributed by atoms with van der Waals surface area (Å²) >= 11 is 0. The number of benzene rings is 1. The van der Waals surface area contributed by atoms with Crippen LogP contribution in [-0.2, 0) is 53.1 Å². The van der Waals surface area contributed by atoms with Gasteiger partial charge in [0.05, 0.1) is 17.4 Å². The van der Waals surface area contributed by atoms with E-state index < -0.39 is 92.2 Å². The number of fused-ring (bicyclic) bond motifs is 3. The maximum absolute atomic E-state index is 14.3. The Kier molecular flexibility index (Phi) is 10.7. The topological polar surface area (TPSA) is 181 Å². The van der Waals surface area contributed by atoms with E-state index in [0.717, 1.165) is 18.6 Å². The normalized spacial score (nSPS) is 28.3. The van der Waals surface area contributed by atoms with Crippen molar-refractivity contribution in [1.82, 2.24) is 25.2 Å². The van der Waals surface area contributed by atoms with Crippen LogP contribution in [0.15, 0.2) is 30.4 Å². The van der Waals surface area contributed by atoms with Gasteiger partial charge >= 0.3 is 18.4 Å². The zero-order chi connectivity index (χ0) is 39.2. The highest BCUT2D eigenvalue weighted by Gasteiger charge is 2.62. The number of amides is 5. The quantitative estimate of drug-likeness (QED) is 0.372. The van der Waals surface area contributed by atoms with Crippen molar-refractivity contribution in [3.63, 3.8) is 0 Å². The average molecular weight is 782 g/mol. The Labute approximate surface area is 311 Å². The van der Waals surface area contributed by atoms with Crippen LogP contribution in [0, 0.1) is 5.92 Å². The van der Waals surface area contributed by atoms with Gasteiger partial charge in [0.2, 0.25) is 21.8 Å². The summed E-state index contributed by atoms with van der Waals surface area (Å²) in [6, 6.07) is 0.800. The minimum atomic E-state index is -4.56. The van der Waals surface area contributed by atoms with Gasteiger partial charge in [0, 0.05) is 25.4 Å². The molecule has 1 aromatic rings. The highest BCUT2D eigenvalue weighted by Crippen LogP contribution is 2.46. The third kappa shape index (κ3) is 8.95. The molecule has 1 saturated heterocycles. The van der Waals surface area contributed by atoms with Gasteiger partial charge in [0.25, 0.3) is 5.91 Å². The summed E-state index contributed by atoms with van der Waals surface area (Å²) in [5.41, 5.74) is -2.50. The molecular weight excluding hydrogens is 735 g/mol. The number of carbonyl (C=O) groups excluding carboxylic acids is 5. The van der Waals surface area contributed by atoms with E-state index >= 15 is 0 Å². The van der Waals surface area contributed by atoms with Crippen molar-refractivity contribution in [2.24, 2.45) is 5.92 Å².